The molecule has 114 valence electrons. The van der Waals surface area contributed by atoms with Crippen molar-refractivity contribution in [1.29, 1.82) is 0 Å². The van der Waals surface area contributed by atoms with Gasteiger partial charge in [0.25, 0.3) is 0 Å². The fraction of sp³-hybridized carbons (Fsp3) is 0.533. The van der Waals surface area contributed by atoms with Crippen LogP contribution < -0.4 is 11.1 Å². The van der Waals surface area contributed by atoms with Gasteiger partial charge in [0.2, 0.25) is 5.91 Å². The van der Waals surface area contributed by atoms with E-state index < -0.39 is 0 Å². The third kappa shape index (κ3) is 3.37. The highest BCUT2D eigenvalue weighted by atomic mass is 35.5. The number of benzene rings is 1. The predicted octanol–water partition coefficient (Wildman–Crippen LogP) is 2.50. The van der Waals surface area contributed by atoms with Crippen molar-refractivity contribution < 1.29 is 9.53 Å². The summed E-state index contributed by atoms with van der Waals surface area (Å²) in [6, 6.07) is 5.89. The third-order valence-corrected chi connectivity index (χ3v) is 5.35. The predicted molar refractivity (Wildman–Crippen MR) is 84.6 cm³/mol. The van der Waals surface area contributed by atoms with Crippen LogP contribution in [0.3, 0.4) is 0 Å². The highest BCUT2D eigenvalue weighted by molar-refractivity contribution is 7.99. The summed E-state index contributed by atoms with van der Waals surface area (Å²) in [5.74, 6) is 0.963. The molecule has 1 saturated heterocycles. The molecule has 6 heteroatoms. The van der Waals surface area contributed by atoms with Gasteiger partial charge in [0.1, 0.15) is 6.10 Å². The number of ether oxygens (including phenoxy) is 1. The van der Waals surface area contributed by atoms with Crippen LogP contribution in [-0.4, -0.2) is 30.4 Å². The molecular weight excluding hydrogens is 308 g/mol. The molecule has 1 aromatic rings. The molecule has 0 bridgehead atoms. The summed E-state index contributed by atoms with van der Waals surface area (Å²) in [6.07, 6.45) is 2.17. The Kier molecular flexibility index (Phi) is 4.74. The van der Waals surface area contributed by atoms with Gasteiger partial charge in [-0.2, -0.15) is 0 Å². The van der Waals surface area contributed by atoms with E-state index in [2.05, 4.69) is 5.32 Å². The van der Waals surface area contributed by atoms with E-state index in [1.807, 2.05) is 18.2 Å². The number of carbonyl (C=O) groups is 1. The summed E-state index contributed by atoms with van der Waals surface area (Å²) in [5, 5.41) is 3.82. The van der Waals surface area contributed by atoms with Crippen molar-refractivity contribution >= 4 is 29.3 Å². The van der Waals surface area contributed by atoms with Gasteiger partial charge < -0.3 is 15.8 Å². The quantitative estimate of drug-likeness (QED) is 0.895. The molecule has 0 aliphatic carbocycles. The molecule has 3 atom stereocenters. The Labute approximate surface area is 133 Å². The second kappa shape index (κ2) is 6.57. The summed E-state index contributed by atoms with van der Waals surface area (Å²) in [5.41, 5.74) is 6.70. The molecule has 1 fully saturated rings. The summed E-state index contributed by atoms with van der Waals surface area (Å²) in [6.45, 7) is 0.474. The molecule has 1 aromatic carbocycles. The van der Waals surface area contributed by atoms with Crippen LogP contribution in [-0.2, 0) is 9.53 Å². The van der Waals surface area contributed by atoms with Gasteiger partial charge in [0, 0.05) is 22.2 Å². The SMILES string of the molecule is NC[C@H]1CC[C@@H](C(=O)NC2CCSc3ccc(Cl)cc32)O1. The second-order valence-electron chi connectivity index (χ2n) is 5.44. The van der Waals surface area contributed by atoms with E-state index in [1.165, 1.54) is 4.90 Å². The van der Waals surface area contributed by atoms with E-state index in [-0.39, 0.29) is 24.2 Å². The third-order valence-electron chi connectivity index (χ3n) is 3.99. The van der Waals surface area contributed by atoms with Crippen molar-refractivity contribution in [2.24, 2.45) is 5.73 Å². The van der Waals surface area contributed by atoms with Gasteiger partial charge in [0.05, 0.1) is 12.1 Å². The summed E-state index contributed by atoms with van der Waals surface area (Å²) in [4.78, 5) is 13.6. The standard InChI is InChI=1S/C15H19ClN2O2S/c16-9-1-4-14-11(7-9)12(5-6-21-14)18-15(19)13-3-2-10(8-17)20-13/h1,4,7,10,12-13H,2-3,5-6,8,17H2,(H,18,19)/t10-,12?,13+/m1/s1. The number of nitrogens with one attached hydrogen (secondary N) is 1. The molecule has 2 aliphatic heterocycles. The van der Waals surface area contributed by atoms with Crippen LogP contribution in [0.1, 0.15) is 30.9 Å². The Morgan fingerprint density at radius 1 is 1.43 bits per heavy atom. The lowest BCUT2D eigenvalue weighted by atomic mass is 10.0. The Morgan fingerprint density at radius 2 is 2.29 bits per heavy atom. The molecule has 3 rings (SSSR count). The van der Waals surface area contributed by atoms with Crippen LogP contribution in [0.4, 0.5) is 0 Å². The molecule has 2 aliphatic rings. The number of thioether (sulfide) groups is 1. The van der Waals surface area contributed by atoms with Crippen LogP contribution in [0.25, 0.3) is 0 Å². The van der Waals surface area contributed by atoms with E-state index >= 15 is 0 Å². The average molecular weight is 327 g/mol. The lowest BCUT2D eigenvalue weighted by Crippen LogP contribution is -2.38. The first-order valence-electron chi connectivity index (χ1n) is 7.25. The zero-order valence-corrected chi connectivity index (χ0v) is 13.3. The molecule has 0 spiro atoms. The summed E-state index contributed by atoms with van der Waals surface area (Å²) >= 11 is 7.89. The lowest BCUT2D eigenvalue weighted by Gasteiger charge is -2.27. The monoisotopic (exact) mass is 326 g/mol. The highest BCUT2D eigenvalue weighted by Gasteiger charge is 2.32. The van der Waals surface area contributed by atoms with Crippen LogP contribution in [0, 0.1) is 0 Å². The molecule has 0 saturated carbocycles. The molecule has 4 nitrogen and oxygen atoms in total. The molecule has 1 amide bonds. The largest absolute Gasteiger partial charge is 0.364 e. The van der Waals surface area contributed by atoms with Crippen molar-refractivity contribution in [2.75, 3.05) is 12.3 Å². The summed E-state index contributed by atoms with van der Waals surface area (Å²) in [7, 11) is 0. The first-order valence-corrected chi connectivity index (χ1v) is 8.62. The summed E-state index contributed by atoms with van der Waals surface area (Å²) < 4.78 is 5.66. The van der Waals surface area contributed by atoms with Crippen LogP contribution in [0.15, 0.2) is 23.1 Å². The van der Waals surface area contributed by atoms with Gasteiger partial charge >= 0.3 is 0 Å². The fourth-order valence-electron chi connectivity index (χ4n) is 2.85. The number of hydrogen-bond donors (Lipinski definition) is 2. The maximum atomic E-state index is 12.4. The van der Waals surface area contributed by atoms with Crippen molar-refractivity contribution in [3.8, 4) is 0 Å². The van der Waals surface area contributed by atoms with Crippen molar-refractivity contribution in [3.63, 3.8) is 0 Å². The van der Waals surface area contributed by atoms with E-state index in [4.69, 9.17) is 22.1 Å². The first-order chi connectivity index (χ1) is 10.2. The normalized spacial score (nSPS) is 28.2. The molecule has 1 unspecified atom stereocenters. The van der Waals surface area contributed by atoms with E-state index in [0.29, 0.717) is 11.6 Å². The van der Waals surface area contributed by atoms with Gasteiger partial charge in [-0.1, -0.05) is 11.6 Å². The number of hydrogen-bond acceptors (Lipinski definition) is 4. The zero-order valence-electron chi connectivity index (χ0n) is 11.7. The number of fused-ring (bicyclic) bond motifs is 1. The minimum absolute atomic E-state index is 0.0180. The second-order valence-corrected chi connectivity index (χ2v) is 7.01. The Balaban J connectivity index is 1.69. The lowest BCUT2D eigenvalue weighted by molar-refractivity contribution is -0.132. The molecular formula is C15H19ClN2O2S. The van der Waals surface area contributed by atoms with Crippen molar-refractivity contribution in [2.45, 2.75) is 42.4 Å². The topological polar surface area (TPSA) is 64.4 Å². The van der Waals surface area contributed by atoms with E-state index in [1.54, 1.807) is 11.8 Å². The van der Waals surface area contributed by atoms with Crippen molar-refractivity contribution in [1.82, 2.24) is 5.32 Å². The molecule has 21 heavy (non-hydrogen) atoms. The van der Waals surface area contributed by atoms with Crippen LogP contribution in [0.5, 0.6) is 0 Å². The Hall–Kier alpha value is -0.750. The maximum absolute atomic E-state index is 12.4. The minimum atomic E-state index is -0.365. The number of amides is 1. The maximum Gasteiger partial charge on any atom is 0.249 e. The number of carbonyl (C=O) groups excluding carboxylic acids is 1. The number of nitrogens with two attached hydrogens (primary N) is 1. The highest BCUT2D eigenvalue weighted by Crippen LogP contribution is 2.37. The van der Waals surface area contributed by atoms with Gasteiger partial charge in [-0.25, -0.2) is 0 Å². The van der Waals surface area contributed by atoms with Gasteiger partial charge in [0.15, 0.2) is 0 Å². The van der Waals surface area contributed by atoms with Gasteiger partial charge in [-0.15, -0.1) is 11.8 Å². The number of rotatable bonds is 3. The van der Waals surface area contributed by atoms with Gasteiger partial charge in [-0.05, 0) is 43.0 Å². The molecule has 2 heterocycles. The molecule has 0 aromatic heterocycles. The minimum Gasteiger partial charge on any atom is -0.364 e. The number of halogens is 1. The Bertz CT molecular complexity index is 540. The molecule has 0 radical (unpaired) electrons. The van der Waals surface area contributed by atoms with Crippen LogP contribution in [0.2, 0.25) is 5.02 Å². The fourth-order valence-corrected chi connectivity index (χ4v) is 4.14. The smallest absolute Gasteiger partial charge is 0.249 e. The van der Waals surface area contributed by atoms with Crippen LogP contribution >= 0.6 is 23.4 Å². The Morgan fingerprint density at radius 3 is 3.05 bits per heavy atom. The first kappa shape index (κ1) is 15.2. The van der Waals surface area contributed by atoms with E-state index in [0.717, 1.165) is 30.6 Å². The van der Waals surface area contributed by atoms with Gasteiger partial charge in [-0.3, -0.25) is 4.79 Å². The zero-order chi connectivity index (χ0) is 14.8. The van der Waals surface area contributed by atoms with Crippen molar-refractivity contribution in [3.05, 3.63) is 28.8 Å². The van der Waals surface area contributed by atoms with E-state index in [9.17, 15) is 4.79 Å². The molecule has 3 N–H and O–H groups in total. The average Bonchev–Trinajstić information content (AvgIpc) is 2.97.